The molecule has 0 aliphatic carbocycles. The molecule has 0 heterocycles. The smallest absolute Gasteiger partial charge is 0.217 e. The molecule has 90 valence electrons. The van der Waals surface area contributed by atoms with E-state index in [1.807, 2.05) is 6.92 Å². The Bertz CT molecular complexity index is 159. The van der Waals surface area contributed by atoms with Gasteiger partial charge in [-0.3, -0.25) is 9.59 Å². The van der Waals surface area contributed by atoms with E-state index in [2.05, 4.69) is 12.2 Å². The first-order valence-corrected chi connectivity index (χ1v) is 5.27. The van der Waals surface area contributed by atoms with Crippen molar-refractivity contribution in [2.24, 2.45) is 17.4 Å². The lowest BCUT2D eigenvalue weighted by atomic mass is 10.1. The second kappa shape index (κ2) is 12.9. The predicted octanol–water partition coefficient (Wildman–Crippen LogP) is -0.0109. The van der Waals surface area contributed by atoms with Crippen LogP contribution in [0, 0.1) is 5.92 Å². The first-order chi connectivity index (χ1) is 7.12. The highest BCUT2D eigenvalue weighted by Gasteiger charge is 2.00. The summed E-state index contributed by atoms with van der Waals surface area (Å²) >= 11 is 0. The van der Waals surface area contributed by atoms with Crippen LogP contribution < -0.4 is 16.8 Å². The third kappa shape index (κ3) is 15.6. The first kappa shape index (κ1) is 16.3. The molecular weight excluding hydrogens is 194 g/mol. The van der Waals surface area contributed by atoms with Gasteiger partial charge in [-0.1, -0.05) is 20.3 Å². The molecule has 0 aromatic carbocycles. The van der Waals surface area contributed by atoms with Gasteiger partial charge in [0.2, 0.25) is 12.3 Å². The van der Waals surface area contributed by atoms with Crippen LogP contribution in [0.1, 0.15) is 33.1 Å². The summed E-state index contributed by atoms with van der Waals surface area (Å²) in [5, 5.41) is 2.59. The van der Waals surface area contributed by atoms with E-state index in [-0.39, 0.29) is 5.91 Å². The van der Waals surface area contributed by atoms with Crippen LogP contribution in [0.15, 0.2) is 0 Å². The molecule has 0 aromatic heterocycles. The van der Waals surface area contributed by atoms with E-state index in [0.717, 1.165) is 12.8 Å². The zero-order valence-electron chi connectivity index (χ0n) is 9.66. The first-order valence-electron chi connectivity index (χ1n) is 5.27. The average Bonchev–Trinajstić information content (AvgIpc) is 2.20. The van der Waals surface area contributed by atoms with Crippen molar-refractivity contribution in [2.45, 2.75) is 33.1 Å². The molecule has 2 amide bonds. The standard InChI is InChI=1S/C6H14N2O.C4H9NO/c1-2-6(3-7)4-8-5-9;1-2-3-4(5)6/h5-6H,2-4,7H2,1H3,(H,8,9);2-3H2,1H3,(H2,5,6). The van der Waals surface area contributed by atoms with E-state index < -0.39 is 0 Å². The number of primary amides is 1. The van der Waals surface area contributed by atoms with Crippen LogP contribution in [-0.2, 0) is 9.59 Å². The number of nitrogens with two attached hydrogens (primary N) is 2. The molecule has 0 rings (SSSR count). The van der Waals surface area contributed by atoms with Crippen molar-refractivity contribution in [3.8, 4) is 0 Å². The van der Waals surface area contributed by atoms with Crippen LogP contribution in [0.5, 0.6) is 0 Å². The molecule has 0 bridgehead atoms. The summed E-state index contributed by atoms with van der Waals surface area (Å²) in [6.45, 7) is 5.34. The summed E-state index contributed by atoms with van der Waals surface area (Å²) in [4.78, 5) is 19.6. The van der Waals surface area contributed by atoms with Gasteiger partial charge in [-0.2, -0.15) is 0 Å². The maximum absolute atomic E-state index is 9.82. The summed E-state index contributed by atoms with van der Waals surface area (Å²) in [6, 6.07) is 0. The number of hydrogen-bond acceptors (Lipinski definition) is 3. The van der Waals surface area contributed by atoms with Crippen LogP contribution in [0.25, 0.3) is 0 Å². The Morgan fingerprint density at radius 1 is 1.47 bits per heavy atom. The van der Waals surface area contributed by atoms with E-state index in [1.165, 1.54) is 0 Å². The van der Waals surface area contributed by atoms with Crippen molar-refractivity contribution in [1.29, 1.82) is 0 Å². The highest BCUT2D eigenvalue weighted by Crippen LogP contribution is 1.95. The van der Waals surface area contributed by atoms with Crippen LogP contribution in [-0.4, -0.2) is 25.4 Å². The Hall–Kier alpha value is -1.10. The molecule has 0 saturated carbocycles. The van der Waals surface area contributed by atoms with Crippen molar-refractivity contribution in [3.63, 3.8) is 0 Å². The molecule has 15 heavy (non-hydrogen) atoms. The summed E-state index contributed by atoms with van der Waals surface area (Å²) in [6.07, 6.45) is 3.10. The Morgan fingerprint density at radius 2 is 2.07 bits per heavy atom. The summed E-state index contributed by atoms with van der Waals surface area (Å²) in [5.74, 6) is 0.229. The summed E-state index contributed by atoms with van der Waals surface area (Å²) in [7, 11) is 0. The van der Waals surface area contributed by atoms with Gasteiger partial charge in [-0.25, -0.2) is 0 Å². The van der Waals surface area contributed by atoms with Gasteiger partial charge in [-0.05, 0) is 18.9 Å². The number of hydrogen-bond donors (Lipinski definition) is 3. The van der Waals surface area contributed by atoms with Gasteiger partial charge in [0.05, 0.1) is 0 Å². The Labute approximate surface area is 91.6 Å². The molecule has 5 nitrogen and oxygen atoms in total. The number of amides is 2. The minimum atomic E-state index is -0.211. The van der Waals surface area contributed by atoms with Gasteiger partial charge < -0.3 is 16.8 Å². The fraction of sp³-hybridized carbons (Fsp3) is 0.800. The maximum atomic E-state index is 9.82. The van der Waals surface area contributed by atoms with E-state index in [4.69, 9.17) is 11.5 Å². The summed E-state index contributed by atoms with van der Waals surface area (Å²) < 4.78 is 0. The molecule has 5 heteroatoms. The third-order valence-electron chi connectivity index (χ3n) is 1.90. The number of rotatable bonds is 7. The Morgan fingerprint density at radius 3 is 2.27 bits per heavy atom. The quantitative estimate of drug-likeness (QED) is 0.523. The zero-order chi connectivity index (χ0) is 12.1. The Balaban J connectivity index is 0. The second-order valence-electron chi connectivity index (χ2n) is 3.25. The predicted molar refractivity (Wildman–Crippen MR) is 61.0 cm³/mol. The molecule has 0 aromatic rings. The molecule has 0 saturated heterocycles. The van der Waals surface area contributed by atoms with Crippen molar-refractivity contribution in [2.75, 3.05) is 13.1 Å². The van der Waals surface area contributed by atoms with Crippen molar-refractivity contribution >= 4 is 12.3 Å². The minimum absolute atomic E-state index is 0.211. The maximum Gasteiger partial charge on any atom is 0.217 e. The average molecular weight is 217 g/mol. The SMILES string of the molecule is CCC(CN)CNC=O.CCCC(N)=O. The van der Waals surface area contributed by atoms with Crippen LogP contribution in [0.2, 0.25) is 0 Å². The van der Waals surface area contributed by atoms with E-state index >= 15 is 0 Å². The Kier molecular flexibility index (Phi) is 14.0. The monoisotopic (exact) mass is 217 g/mol. The fourth-order valence-corrected chi connectivity index (χ4v) is 0.856. The normalized spacial score (nSPS) is 10.9. The van der Waals surface area contributed by atoms with Gasteiger partial charge >= 0.3 is 0 Å². The molecular formula is C10H23N3O2. The van der Waals surface area contributed by atoms with Crippen molar-refractivity contribution < 1.29 is 9.59 Å². The zero-order valence-corrected chi connectivity index (χ0v) is 9.66. The highest BCUT2D eigenvalue weighted by atomic mass is 16.1. The molecule has 5 N–H and O–H groups in total. The van der Waals surface area contributed by atoms with E-state index in [0.29, 0.717) is 31.8 Å². The molecule has 1 unspecified atom stereocenters. The van der Waals surface area contributed by atoms with Crippen LogP contribution in [0.4, 0.5) is 0 Å². The number of carbonyl (C=O) groups is 2. The van der Waals surface area contributed by atoms with Gasteiger partial charge in [0.15, 0.2) is 0 Å². The van der Waals surface area contributed by atoms with Gasteiger partial charge in [0.25, 0.3) is 0 Å². The van der Waals surface area contributed by atoms with E-state index in [9.17, 15) is 9.59 Å². The second-order valence-corrected chi connectivity index (χ2v) is 3.25. The van der Waals surface area contributed by atoms with E-state index in [1.54, 1.807) is 0 Å². The lowest BCUT2D eigenvalue weighted by molar-refractivity contribution is -0.118. The molecule has 0 fully saturated rings. The minimum Gasteiger partial charge on any atom is -0.370 e. The molecule has 0 radical (unpaired) electrons. The molecule has 1 atom stereocenters. The lowest BCUT2D eigenvalue weighted by Gasteiger charge is -2.09. The number of nitrogens with one attached hydrogen (secondary N) is 1. The molecule has 0 aliphatic rings. The topological polar surface area (TPSA) is 98.2 Å². The fourth-order valence-electron chi connectivity index (χ4n) is 0.856. The summed E-state index contributed by atoms with van der Waals surface area (Å²) in [5.41, 5.74) is 10.1. The van der Waals surface area contributed by atoms with Crippen molar-refractivity contribution in [3.05, 3.63) is 0 Å². The largest absolute Gasteiger partial charge is 0.370 e. The van der Waals surface area contributed by atoms with Gasteiger partial charge in [0.1, 0.15) is 0 Å². The highest BCUT2D eigenvalue weighted by molar-refractivity contribution is 5.73. The van der Waals surface area contributed by atoms with Gasteiger partial charge in [-0.15, -0.1) is 0 Å². The number of carbonyl (C=O) groups excluding carboxylic acids is 2. The lowest BCUT2D eigenvalue weighted by Crippen LogP contribution is -2.26. The van der Waals surface area contributed by atoms with Gasteiger partial charge in [0, 0.05) is 13.0 Å². The van der Waals surface area contributed by atoms with Crippen LogP contribution >= 0.6 is 0 Å². The van der Waals surface area contributed by atoms with Crippen LogP contribution in [0.3, 0.4) is 0 Å². The molecule has 0 aliphatic heterocycles. The van der Waals surface area contributed by atoms with Crippen molar-refractivity contribution in [1.82, 2.24) is 5.32 Å². The third-order valence-corrected chi connectivity index (χ3v) is 1.90. The molecule has 0 spiro atoms.